The lowest BCUT2D eigenvalue weighted by Gasteiger charge is -2.22. The van der Waals surface area contributed by atoms with E-state index in [4.69, 9.17) is 10.5 Å². The molecule has 0 aromatic heterocycles. The van der Waals surface area contributed by atoms with Crippen molar-refractivity contribution in [1.82, 2.24) is 4.90 Å². The number of rotatable bonds is 5. The van der Waals surface area contributed by atoms with E-state index in [1.54, 1.807) is 18.9 Å². The van der Waals surface area contributed by atoms with Crippen molar-refractivity contribution in [3.63, 3.8) is 0 Å². The van der Waals surface area contributed by atoms with Gasteiger partial charge in [0.1, 0.15) is 5.75 Å². The molecule has 21 heavy (non-hydrogen) atoms. The lowest BCUT2D eigenvalue weighted by molar-refractivity contribution is -0.137. The summed E-state index contributed by atoms with van der Waals surface area (Å²) in [4.78, 5) is 13.9. The van der Waals surface area contributed by atoms with Gasteiger partial charge in [-0.2, -0.15) is 0 Å². The van der Waals surface area contributed by atoms with Crippen molar-refractivity contribution in [3.05, 3.63) is 60.2 Å². The maximum absolute atomic E-state index is 12.3. The molecule has 2 aromatic rings. The van der Waals surface area contributed by atoms with Crippen molar-refractivity contribution in [2.24, 2.45) is 0 Å². The predicted octanol–water partition coefficient (Wildman–Crippen LogP) is 2.69. The molecule has 0 aliphatic carbocycles. The van der Waals surface area contributed by atoms with E-state index in [1.807, 2.05) is 54.6 Å². The zero-order chi connectivity index (χ0) is 15.2. The van der Waals surface area contributed by atoms with Crippen molar-refractivity contribution < 1.29 is 9.53 Å². The van der Waals surface area contributed by atoms with Gasteiger partial charge in [-0.1, -0.05) is 36.4 Å². The van der Waals surface area contributed by atoms with Gasteiger partial charge in [-0.3, -0.25) is 4.79 Å². The Hall–Kier alpha value is -2.49. The Kier molecular flexibility index (Phi) is 4.82. The zero-order valence-electron chi connectivity index (χ0n) is 12.3. The number of hydrogen-bond donors (Lipinski definition) is 1. The highest BCUT2D eigenvalue weighted by Crippen LogP contribution is 2.15. The van der Waals surface area contributed by atoms with Crippen molar-refractivity contribution in [2.75, 3.05) is 12.8 Å². The molecule has 0 heterocycles. The minimum Gasteiger partial charge on any atom is -0.481 e. The molecule has 110 valence electrons. The number of carbonyl (C=O) groups is 1. The van der Waals surface area contributed by atoms with Gasteiger partial charge in [-0.25, -0.2) is 0 Å². The van der Waals surface area contributed by atoms with E-state index < -0.39 is 6.10 Å². The third-order valence-corrected chi connectivity index (χ3v) is 3.24. The lowest BCUT2D eigenvalue weighted by atomic mass is 10.1. The first-order valence-electron chi connectivity index (χ1n) is 6.88. The molecule has 0 aliphatic heterocycles. The van der Waals surface area contributed by atoms with Gasteiger partial charge >= 0.3 is 0 Å². The van der Waals surface area contributed by atoms with Crippen molar-refractivity contribution in [1.29, 1.82) is 0 Å². The first-order valence-corrected chi connectivity index (χ1v) is 6.88. The number of anilines is 1. The standard InChI is InChI=1S/C17H20N2O2/c1-13(21-15-9-4-3-5-10-15)17(20)19(2)12-14-8-6-7-11-16(14)18/h3-11,13H,12,18H2,1-2H3. The summed E-state index contributed by atoms with van der Waals surface area (Å²) in [5, 5.41) is 0. The van der Waals surface area contributed by atoms with Crippen LogP contribution >= 0.6 is 0 Å². The third kappa shape index (κ3) is 3.99. The van der Waals surface area contributed by atoms with Gasteiger partial charge in [-0.15, -0.1) is 0 Å². The van der Waals surface area contributed by atoms with Crippen LogP contribution in [-0.4, -0.2) is 24.0 Å². The highest BCUT2D eigenvalue weighted by atomic mass is 16.5. The molecule has 1 amide bonds. The zero-order valence-corrected chi connectivity index (χ0v) is 12.3. The minimum atomic E-state index is -0.540. The van der Waals surface area contributed by atoms with E-state index in [-0.39, 0.29) is 5.91 Å². The molecule has 0 bridgehead atoms. The number of nitrogens with zero attached hydrogens (tertiary/aromatic N) is 1. The van der Waals surface area contributed by atoms with Crippen LogP contribution in [0.5, 0.6) is 5.75 Å². The average molecular weight is 284 g/mol. The largest absolute Gasteiger partial charge is 0.481 e. The molecule has 2 aromatic carbocycles. The quantitative estimate of drug-likeness (QED) is 0.859. The van der Waals surface area contributed by atoms with Crippen LogP contribution in [0.3, 0.4) is 0 Å². The SMILES string of the molecule is CC(Oc1ccccc1)C(=O)N(C)Cc1ccccc1N. The Balaban J connectivity index is 1.97. The van der Waals surface area contributed by atoms with Crippen LogP contribution in [0.1, 0.15) is 12.5 Å². The number of hydrogen-bond acceptors (Lipinski definition) is 3. The normalized spacial score (nSPS) is 11.7. The van der Waals surface area contributed by atoms with Crippen molar-refractivity contribution in [2.45, 2.75) is 19.6 Å². The van der Waals surface area contributed by atoms with Crippen LogP contribution in [-0.2, 0) is 11.3 Å². The summed E-state index contributed by atoms with van der Waals surface area (Å²) < 4.78 is 5.64. The van der Waals surface area contributed by atoms with Gasteiger partial charge in [0.15, 0.2) is 6.10 Å². The molecule has 1 unspecified atom stereocenters. The summed E-state index contributed by atoms with van der Waals surface area (Å²) in [6.45, 7) is 2.22. The number of nitrogens with two attached hydrogens (primary N) is 1. The summed E-state index contributed by atoms with van der Waals surface area (Å²) in [6, 6.07) is 16.9. The Labute approximate surface area is 125 Å². The molecule has 2 rings (SSSR count). The van der Waals surface area contributed by atoms with Crippen LogP contribution in [0, 0.1) is 0 Å². The van der Waals surface area contributed by atoms with E-state index in [0.717, 1.165) is 5.56 Å². The second-order valence-corrected chi connectivity index (χ2v) is 4.97. The average Bonchev–Trinajstić information content (AvgIpc) is 2.49. The maximum atomic E-state index is 12.3. The molecule has 2 N–H and O–H groups in total. The lowest BCUT2D eigenvalue weighted by Crippen LogP contribution is -2.37. The highest BCUT2D eigenvalue weighted by Gasteiger charge is 2.19. The van der Waals surface area contributed by atoms with Crippen LogP contribution in [0.25, 0.3) is 0 Å². The molecular weight excluding hydrogens is 264 g/mol. The fourth-order valence-corrected chi connectivity index (χ4v) is 2.08. The molecule has 0 fully saturated rings. The smallest absolute Gasteiger partial charge is 0.263 e. The fourth-order valence-electron chi connectivity index (χ4n) is 2.08. The number of nitrogen functional groups attached to an aromatic ring is 1. The fraction of sp³-hybridized carbons (Fsp3) is 0.235. The molecule has 1 atom stereocenters. The Bertz CT molecular complexity index is 599. The van der Waals surface area contributed by atoms with E-state index in [0.29, 0.717) is 18.0 Å². The first-order chi connectivity index (χ1) is 10.1. The van der Waals surface area contributed by atoms with Gasteiger partial charge < -0.3 is 15.4 Å². The number of amides is 1. The Morgan fingerprint density at radius 3 is 2.43 bits per heavy atom. The molecule has 0 spiro atoms. The van der Waals surface area contributed by atoms with Crippen LogP contribution in [0.4, 0.5) is 5.69 Å². The summed E-state index contributed by atoms with van der Waals surface area (Å²) >= 11 is 0. The first kappa shape index (κ1) is 14.9. The summed E-state index contributed by atoms with van der Waals surface area (Å²) in [5.74, 6) is 0.605. The van der Waals surface area contributed by atoms with E-state index in [2.05, 4.69) is 0 Å². The van der Waals surface area contributed by atoms with Crippen molar-refractivity contribution >= 4 is 11.6 Å². The van der Waals surface area contributed by atoms with E-state index in [9.17, 15) is 4.79 Å². The van der Waals surface area contributed by atoms with E-state index >= 15 is 0 Å². The molecular formula is C17H20N2O2. The maximum Gasteiger partial charge on any atom is 0.263 e. The molecule has 0 saturated heterocycles. The van der Waals surface area contributed by atoms with Gasteiger partial charge in [0.05, 0.1) is 0 Å². The Morgan fingerprint density at radius 1 is 1.14 bits per heavy atom. The number of ether oxygens (including phenoxy) is 1. The molecule has 0 saturated carbocycles. The van der Waals surface area contributed by atoms with Gasteiger partial charge in [-0.05, 0) is 30.7 Å². The second-order valence-electron chi connectivity index (χ2n) is 4.97. The summed E-state index contributed by atoms with van der Waals surface area (Å²) in [7, 11) is 1.75. The second kappa shape index (κ2) is 6.79. The number of carbonyl (C=O) groups excluding carboxylic acids is 1. The predicted molar refractivity (Wildman–Crippen MR) is 83.9 cm³/mol. The Morgan fingerprint density at radius 2 is 1.76 bits per heavy atom. The van der Waals surface area contributed by atoms with E-state index in [1.165, 1.54) is 0 Å². The molecule has 4 nitrogen and oxygen atoms in total. The third-order valence-electron chi connectivity index (χ3n) is 3.24. The van der Waals surface area contributed by atoms with Crippen LogP contribution in [0.15, 0.2) is 54.6 Å². The van der Waals surface area contributed by atoms with Gasteiger partial charge in [0, 0.05) is 19.3 Å². The highest BCUT2D eigenvalue weighted by molar-refractivity contribution is 5.80. The van der Waals surface area contributed by atoms with Crippen LogP contribution < -0.4 is 10.5 Å². The number of benzene rings is 2. The minimum absolute atomic E-state index is 0.0814. The summed E-state index contributed by atoms with van der Waals surface area (Å²) in [6.07, 6.45) is -0.540. The topological polar surface area (TPSA) is 55.6 Å². The monoisotopic (exact) mass is 284 g/mol. The van der Waals surface area contributed by atoms with Crippen LogP contribution in [0.2, 0.25) is 0 Å². The molecule has 4 heteroatoms. The van der Waals surface area contributed by atoms with Gasteiger partial charge in [0.2, 0.25) is 0 Å². The number of para-hydroxylation sites is 2. The van der Waals surface area contributed by atoms with Gasteiger partial charge in [0.25, 0.3) is 5.91 Å². The number of likely N-dealkylation sites (N-methyl/N-ethyl adjacent to an activating group) is 1. The van der Waals surface area contributed by atoms with Crippen molar-refractivity contribution in [3.8, 4) is 5.75 Å². The molecule has 0 aliphatic rings. The molecule has 0 radical (unpaired) electrons. The summed E-state index contributed by atoms with van der Waals surface area (Å²) in [5.41, 5.74) is 7.52.